The summed E-state index contributed by atoms with van der Waals surface area (Å²) in [6.45, 7) is 2.24. The number of aromatic amines is 1. The molecule has 100 valence electrons. The Balaban J connectivity index is 2.55. The Hall–Kier alpha value is -1.72. The third kappa shape index (κ3) is 2.83. The van der Waals surface area contributed by atoms with Gasteiger partial charge in [0.1, 0.15) is 11.4 Å². The van der Waals surface area contributed by atoms with Crippen molar-refractivity contribution >= 4 is 29.2 Å². The fourth-order valence-electron chi connectivity index (χ4n) is 1.61. The Morgan fingerprint density at radius 2 is 2.16 bits per heavy atom. The first kappa shape index (κ1) is 13.7. The molecule has 0 saturated carbocycles. The normalized spacial score (nSPS) is 10.5. The zero-order valence-corrected chi connectivity index (χ0v) is 11.4. The molecule has 0 unspecified atom stereocenters. The summed E-state index contributed by atoms with van der Waals surface area (Å²) in [4.78, 5) is 10.8. The number of carbonyl (C=O) groups is 1. The Labute approximate surface area is 119 Å². The van der Waals surface area contributed by atoms with Crippen molar-refractivity contribution < 1.29 is 14.6 Å². The second-order valence-corrected chi connectivity index (χ2v) is 4.51. The van der Waals surface area contributed by atoms with Crippen LogP contribution in [0.1, 0.15) is 17.4 Å². The Bertz CT molecular complexity index is 625. The third-order valence-corrected chi connectivity index (χ3v) is 2.88. The molecule has 0 atom stereocenters. The summed E-state index contributed by atoms with van der Waals surface area (Å²) in [5.74, 6) is -0.665. The fraction of sp³-hybridized carbons (Fsp3) is 0.167. The predicted molar refractivity (Wildman–Crippen MR) is 72.2 cm³/mol. The van der Waals surface area contributed by atoms with Gasteiger partial charge in [-0.3, -0.25) is 5.10 Å². The number of ether oxygens (including phenoxy) is 1. The topological polar surface area (TPSA) is 75.2 Å². The molecule has 0 aliphatic carbocycles. The van der Waals surface area contributed by atoms with Crippen molar-refractivity contribution in [2.45, 2.75) is 6.92 Å². The Morgan fingerprint density at radius 1 is 1.42 bits per heavy atom. The summed E-state index contributed by atoms with van der Waals surface area (Å²) in [6, 6.07) is 4.58. The first-order chi connectivity index (χ1) is 9.02. The highest BCUT2D eigenvalue weighted by molar-refractivity contribution is 6.36. The third-order valence-electron chi connectivity index (χ3n) is 2.38. The molecule has 1 heterocycles. The van der Waals surface area contributed by atoms with Crippen LogP contribution >= 0.6 is 23.2 Å². The number of hydrogen-bond donors (Lipinski definition) is 2. The van der Waals surface area contributed by atoms with Gasteiger partial charge in [-0.25, -0.2) is 4.79 Å². The van der Waals surface area contributed by atoms with E-state index in [1.807, 2.05) is 6.92 Å². The van der Waals surface area contributed by atoms with E-state index in [4.69, 9.17) is 33.0 Å². The largest absolute Gasteiger partial charge is 0.492 e. The molecule has 7 heteroatoms. The molecule has 2 rings (SSSR count). The lowest BCUT2D eigenvalue weighted by Gasteiger charge is -2.10. The molecule has 0 spiro atoms. The van der Waals surface area contributed by atoms with Gasteiger partial charge in [-0.15, -0.1) is 0 Å². The molecule has 0 amide bonds. The van der Waals surface area contributed by atoms with E-state index in [1.165, 1.54) is 6.07 Å². The average Bonchev–Trinajstić information content (AvgIpc) is 2.81. The van der Waals surface area contributed by atoms with Crippen LogP contribution in [-0.2, 0) is 0 Å². The second kappa shape index (κ2) is 5.50. The van der Waals surface area contributed by atoms with E-state index in [-0.39, 0.29) is 5.69 Å². The molecule has 5 nitrogen and oxygen atoms in total. The van der Waals surface area contributed by atoms with Crippen LogP contribution in [0.15, 0.2) is 18.2 Å². The molecular formula is C12H10Cl2N2O3. The highest BCUT2D eigenvalue weighted by atomic mass is 35.5. The average molecular weight is 301 g/mol. The summed E-state index contributed by atoms with van der Waals surface area (Å²) in [5, 5.41) is 16.0. The van der Waals surface area contributed by atoms with Gasteiger partial charge in [0.25, 0.3) is 0 Å². The van der Waals surface area contributed by atoms with Crippen LogP contribution in [0.2, 0.25) is 10.0 Å². The standard InChI is InChI=1S/C12H10Cl2N2O3/c1-2-19-11-7(3-6(13)4-8(11)14)9-5-10(12(17)18)16-15-9/h3-5H,2H2,1H3,(H,15,16)(H,17,18). The van der Waals surface area contributed by atoms with Crippen LogP contribution in [0.25, 0.3) is 11.3 Å². The van der Waals surface area contributed by atoms with Crippen LogP contribution in [-0.4, -0.2) is 27.9 Å². The van der Waals surface area contributed by atoms with E-state index in [0.29, 0.717) is 33.7 Å². The van der Waals surface area contributed by atoms with Crippen molar-refractivity contribution in [3.63, 3.8) is 0 Å². The van der Waals surface area contributed by atoms with Gasteiger partial charge in [0.15, 0.2) is 0 Å². The molecule has 0 fully saturated rings. The van der Waals surface area contributed by atoms with Crippen molar-refractivity contribution in [3.05, 3.63) is 33.9 Å². The number of rotatable bonds is 4. The minimum absolute atomic E-state index is 0.0199. The molecule has 2 aromatic rings. The molecule has 0 radical (unpaired) electrons. The minimum Gasteiger partial charge on any atom is -0.492 e. The SMILES string of the molecule is CCOc1c(Cl)cc(Cl)cc1-c1cc(C(=O)O)[nH]n1. The summed E-state index contributed by atoms with van der Waals surface area (Å²) in [5.41, 5.74) is 0.932. The van der Waals surface area contributed by atoms with Gasteiger partial charge in [-0.2, -0.15) is 5.10 Å². The van der Waals surface area contributed by atoms with Crippen LogP contribution in [0.3, 0.4) is 0 Å². The fourth-order valence-corrected chi connectivity index (χ4v) is 2.16. The highest BCUT2D eigenvalue weighted by Gasteiger charge is 2.16. The van der Waals surface area contributed by atoms with Gasteiger partial charge < -0.3 is 9.84 Å². The molecule has 0 saturated heterocycles. The van der Waals surface area contributed by atoms with E-state index >= 15 is 0 Å². The van der Waals surface area contributed by atoms with Crippen LogP contribution < -0.4 is 4.74 Å². The molecule has 0 bridgehead atoms. The zero-order valence-electron chi connectivity index (χ0n) is 9.91. The quantitative estimate of drug-likeness (QED) is 0.906. The lowest BCUT2D eigenvalue weighted by atomic mass is 10.1. The number of carboxylic acids is 1. The molecular weight excluding hydrogens is 291 g/mol. The first-order valence-corrected chi connectivity index (χ1v) is 6.19. The number of nitrogens with one attached hydrogen (secondary N) is 1. The van der Waals surface area contributed by atoms with Crippen molar-refractivity contribution in [2.24, 2.45) is 0 Å². The van der Waals surface area contributed by atoms with E-state index in [0.717, 1.165) is 0 Å². The van der Waals surface area contributed by atoms with E-state index in [9.17, 15) is 4.79 Å². The first-order valence-electron chi connectivity index (χ1n) is 5.43. The number of aromatic nitrogens is 2. The van der Waals surface area contributed by atoms with Crippen LogP contribution in [0.5, 0.6) is 5.75 Å². The maximum Gasteiger partial charge on any atom is 0.353 e. The maximum absolute atomic E-state index is 10.8. The molecule has 19 heavy (non-hydrogen) atoms. The lowest BCUT2D eigenvalue weighted by Crippen LogP contribution is -1.95. The zero-order chi connectivity index (χ0) is 14.0. The van der Waals surface area contributed by atoms with Gasteiger partial charge in [-0.1, -0.05) is 23.2 Å². The maximum atomic E-state index is 10.8. The smallest absolute Gasteiger partial charge is 0.353 e. The molecule has 0 aliphatic heterocycles. The second-order valence-electron chi connectivity index (χ2n) is 3.67. The van der Waals surface area contributed by atoms with Crippen LogP contribution in [0, 0.1) is 0 Å². The van der Waals surface area contributed by atoms with E-state index in [1.54, 1.807) is 12.1 Å². The Morgan fingerprint density at radius 3 is 2.74 bits per heavy atom. The minimum atomic E-state index is -1.09. The highest BCUT2D eigenvalue weighted by Crippen LogP contribution is 2.38. The molecule has 1 aromatic carbocycles. The number of benzene rings is 1. The molecule has 2 N–H and O–H groups in total. The van der Waals surface area contributed by atoms with Crippen molar-refractivity contribution in [1.29, 1.82) is 0 Å². The Kier molecular flexibility index (Phi) is 3.97. The monoisotopic (exact) mass is 300 g/mol. The van der Waals surface area contributed by atoms with Gasteiger partial charge >= 0.3 is 5.97 Å². The molecule has 0 aliphatic rings. The van der Waals surface area contributed by atoms with E-state index in [2.05, 4.69) is 10.2 Å². The number of aromatic carboxylic acids is 1. The van der Waals surface area contributed by atoms with Crippen LogP contribution in [0.4, 0.5) is 0 Å². The summed E-state index contributed by atoms with van der Waals surface area (Å²) >= 11 is 12.0. The van der Waals surface area contributed by atoms with Gasteiger partial charge in [0.05, 0.1) is 17.3 Å². The predicted octanol–water partition coefficient (Wildman–Crippen LogP) is 3.48. The van der Waals surface area contributed by atoms with Crippen molar-refractivity contribution in [2.75, 3.05) is 6.61 Å². The van der Waals surface area contributed by atoms with E-state index < -0.39 is 5.97 Å². The number of nitrogens with zero attached hydrogens (tertiary/aromatic N) is 1. The van der Waals surface area contributed by atoms with Crippen molar-refractivity contribution in [1.82, 2.24) is 10.2 Å². The number of hydrogen-bond acceptors (Lipinski definition) is 3. The summed E-state index contributed by atoms with van der Waals surface area (Å²) in [6.07, 6.45) is 0. The van der Waals surface area contributed by atoms with Gasteiger partial charge in [0, 0.05) is 10.6 Å². The summed E-state index contributed by atoms with van der Waals surface area (Å²) < 4.78 is 5.46. The number of halogens is 2. The van der Waals surface area contributed by atoms with Gasteiger partial charge in [0.2, 0.25) is 0 Å². The summed E-state index contributed by atoms with van der Waals surface area (Å²) in [7, 11) is 0. The number of carboxylic acid groups (broad SMARTS) is 1. The number of H-pyrrole nitrogens is 1. The van der Waals surface area contributed by atoms with Crippen molar-refractivity contribution in [3.8, 4) is 17.0 Å². The lowest BCUT2D eigenvalue weighted by molar-refractivity contribution is 0.0690. The molecule has 1 aromatic heterocycles. The van der Waals surface area contributed by atoms with Gasteiger partial charge in [-0.05, 0) is 25.1 Å².